The molecule has 0 saturated carbocycles. The maximum Gasteiger partial charge on any atom is 0.322 e. The number of benzene rings is 1. The van der Waals surface area contributed by atoms with E-state index in [-0.39, 0.29) is 24.8 Å². The number of carbonyl (C=O) groups is 1. The van der Waals surface area contributed by atoms with Gasteiger partial charge < -0.3 is 20.1 Å². The number of hydrogen-bond acceptors (Lipinski definition) is 4. The average Bonchev–Trinajstić information content (AvgIpc) is 2.94. The first-order valence-electron chi connectivity index (χ1n) is 8.42. The van der Waals surface area contributed by atoms with Crippen molar-refractivity contribution in [1.82, 2.24) is 14.7 Å². The van der Waals surface area contributed by atoms with Gasteiger partial charge in [0.25, 0.3) is 0 Å². The summed E-state index contributed by atoms with van der Waals surface area (Å²) in [6.45, 7) is 6.53. The minimum Gasteiger partial charge on any atom is -0.394 e. The second-order valence-corrected chi connectivity index (χ2v) is 6.43. The topological polar surface area (TPSA) is 79.6 Å². The van der Waals surface area contributed by atoms with Crippen molar-refractivity contribution in [2.75, 3.05) is 25.1 Å². The summed E-state index contributed by atoms with van der Waals surface area (Å²) >= 11 is 0. The number of ether oxygens (including phenoxy) is 1. The second kappa shape index (κ2) is 7.25. The molecule has 134 valence electrons. The lowest BCUT2D eigenvalue weighted by Gasteiger charge is -2.37. The number of morpholine rings is 1. The van der Waals surface area contributed by atoms with Crippen LogP contribution in [0.15, 0.2) is 30.3 Å². The number of rotatable bonds is 3. The third-order valence-corrected chi connectivity index (χ3v) is 4.35. The van der Waals surface area contributed by atoms with Gasteiger partial charge in [-0.1, -0.05) is 12.1 Å². The van der Waals surface area contributed by atoms with Gasteiger partial charge in [0, 0.05) is 5.69 Å². The van der Waals surface area contributed by atoms with Gasteiger partial charge in [-0.15, -0.1) is 0 Å². The molecule has 1 saturated heterocycles. The third-order valence-electron chi connectivity index (χ3n) is 4.35. The van der Waals surface area contributed by atoms with Gasteiger partial charge in [-0.3, -0.25) is 0 Å². The van der Waals surface area contributed by atoms with E-state index in [0.29, 0.717) is 18.8 Å². The summed E-state index contributed by atoms with van der Waals surface area (Å²) in [7, 11) is 0. The van der Waals surface area contributed by atoms with Crippen LogP contribution in [0, 0.1) is 13.8 Å². The van der Waals surface area contributed by atoms with Gasteiger partial charge in [-0.2, -0.15) is 5.10 Å². The predicted molar refractivity (Wildman–Crippen MR) is 95.1 cm³/mol. The van der Waals surface area contributed by atoms with Gasteiger partial charge >= 0.3 is 6.03 Å². The van der Waals surface area contributed by atoms with E-state index in [9.17, 15) is 9.90 Å². The van der Waals surface area contributed by atoms with Crippen LogP contribution in [0.1, 0.15) is 18.3 Å². The SMILES string of the molecule is Cc1cc(C)n(-c2ccccc2NC(=O)N2C[C@H](CO)OC[C@H]2C)n1. The summed E-state index contributed by atoms with van der Waals surface area (Å²) in [4.78, 5) is 14.5. The molecule has 1 aromatic carbocycles. The lowest BCUT2D eigenvalue weighted by molar-refractivity contribution is -0.0611. The summed E-state index contributed by atoms with van der Waals surface area (Å²) in [5.74, 6) is 0. The molecule has 2 aromatic rings. The molecule has 7 heteroatoms. The molecule has 0 aliphatic carbocycles. The highest BCUT2D eigenvalue weighted by molar-refractivity contribution is 5.91. The second-order valence-electron chi connectivity index (χ2n) is 6.43. The number of carbonyl (C=O) groups excluding carboxylic acids is 1. The maximum absolute atomic E-state index is 12.8. The first-order valence-corrected chi connectivity index (χ1v) is 8.42. The van der Waals surface area contributed by atoms with Crippen molar-refractivity contribution in [1.29, 1.82) is 0 Å². The Morgan fingerprint density at radius 3 is 2.84 bits per heavy atom. The fourth-order valence-corrected chi connectivity index (χ4v) is 3.03. The number of aliphatic hydroxyl groups is 1. The Bertz CT molecular complexity index is 759. The standard InChI is InChI=1S/C18H24N4O3/c1-12-8-13(2)22(20-12)17-7-5-4-6-16(17)19-18(24)21-9-15(10-23)25-11-14(21)3/h4-8,14-15,23H,9-11H2,1-3H3,(H,19,24)/t14-,15-/m1/s1. The lowest BCUT2D eigenvalue weighted by Crippen LogP contribution is -2.53. The molecule has 7 nitrogen and oxygen atoms in total. The molecule has 1 aliphatic rings. The molecule has 2 N–H and O–H groups in total. The number of nitrogens with one attached hydrogen (secondary N) is 1. The van der Waals surface area contributed by atoms with Crippen molar-refractivity contribution in [2.45, 2.75) is 32.9 Å². The first-order chi connectivity index (χ1) is 12.0. The van der Waals surface area contributed by atoms with Crippen molar-refractivity contribution >= 4 is 11.7 Å². The van der Waals surface area contributed by atoms with E-state index in [1.807, 2.05) is 55.8 Å². The van der Waals surface area contributed by atoms with E-state index in [4.69, 9.17) is 4.74 Å². The number of urea groups is 1. The molecule has 0 bridgehead atoms. The van der Waals surface area contributed by atoms with Crippen LogP contribution in [0.5, 0.6) is 0 Å². The van der Waals surface area contributed by atoms with Gasteiger partial charge in [0.15, 0.2) is 0 Å². The van der Waals surface area contributed by atoms with Gasteiger partial charge in [0.05, 0.1) is 49.0 Å². The largest absolute Gasteiger partial charge is 0.394 e. The minimum atomic E-state index is -0.340. The lowest BCUT2D eigenvalue weighted by atomic mass is 10.2. The fourth-order valence-electron chi connectivity index (χ4n) is 3.03. The molecule has 1 aromatic heterocycles. The number of anilines is 1. The van der Waals surface area contributed by atoms with Crippen LogP contribution in [0.3, 0.4) is 0 Å². The maximum atomic E-state index is 12.8. The fraction of sp³-hybridized carbons (Fsp3) is 0.444. The predicted octanol–water partition coefficient (Wildman–Crippen LogP) is 2.10. The Labute approximate surface area is 147 Å². The summed E-state index contributed by atoms with van der Waals surface area (Å²) < 4.78 is 7.32. The smallest absolute Gasteiger partial charge is 0.322 e. The molecular weight excluding hydrogens is 320 g/mol. The number of aryl methyl sites for hydroxylation is 2. The number of aliphatic hydroxyl groups excluding tert-OH is 1. The van der Waals surface area contributed by atoms with Crippen molar-refractivity contribution in [3.05, 3.63) is 41.7 Å². The van der Waals surface area contributed by atoms with Gasteiger partial charge in [0.1, 0.15) is 0 Å². The molecule has 0 unspecified atom stereocenters. The van der Waals surface area contributed by atoms with Crippen molar-refractivity contribution in [2.24, 2.45) is 0 Å². The number of aromatic nitrogens is 2. The molecule has 1 fully saturated rings. The van der Waals surface area contributed by atoms with E-state index >= 15 is 0 Å². The van der Waals surface area contributed by atoms with E-state index in [0.717, 1.165) is 17.1 Å². The molecule has 0 spiro atoms. The first kappa shape index (κ1) is 17.4. The van der Waals surface area contributed by atoms with E-state index in [1.54, 1.807) is 4.90 Å². The van der Waals surface area contributed by atoms with Crippen LogP contribution >= 0.6 is 0 Å². The molecule has 2 atom stereocenters. The molecule has 3 rings (SSSR count). The summed E-state index contributed by atoms with van der Waals surface area (Å²) in [6.07, 6.45) is -0.340. The average molecular weight is 344 g/mol. The molecule has 1 aliphatic heterocycles. The van der Waals surface area contributed by atoms with Crippen LogP contribution in [-0.2, 0) is 4.74 Å². The monoisotopic (exact) mass is 344 g/mol. The molecular formula is C18H24N4O3. The Balaban J connectivity index is 1.83. The van der Waals surface area contributed by atoms with Crippen molar-refractivity contribution in [3.8, 4) is 5.69 Å². The molecule has 2 amide bonds. The van der Waals surface area contributed by atoms with E-state index < -0.39 is 0 Å². The summed E-state index contributed by atoms with van der Waals surface area (Å²) in [5, 5.41) is 16.8. The van der Waals surface area contributed by atoms with Crippen LogP contribution in [0.2, 0.25) is 0 Å². The van der Waals surface area contributed by atoms with Crippen molar-refractivity contribution < 1.29 is 14.6 Å². The molecule has 2 heterocycles. The van der Waals surface area contributed by atoms with Crippen LogP contribution in [-0.4, -0.2) is 57.7 Å². The van der Waals surface area contributed by atoms with Gasteiger partial charge in [-0.25, -0.2) is 9.48 Å². The quantitative estimate of drug-likeness (QED) is 0.894. The Kier molecular flexibility index (Phi) is 5.06. The van der Waals surface area contributed by atoms with Gasteiger partial charge in [-0.05, 0) is 39.0 Å². The third kappa shape index (κ3) is 3.67. The number of nitrogens with zero attached hydrogens (tertiary/aromatic N) is 3. The van der Waals surface area contributed by atoms with Crippen LogP contribution in [0.25, 0.3) is 5.69 Å². The van der Waals surface area contributed by atoms with Gasteiger partial charge in [0.2, 0.25) is 0 Å². The van der Waals surface area contributed by atoms with E-state index in [2.05, 4.69) is 10.4 Å². The number of para-hydroxylation sites is 2. The highest BCUT2D eigenvalue weighted by Crippen LogP contribution is 2.23. The normalized spacial score (nSPS) is 20.6. The van der Waals surface area contributed by atoms with Crippen LogP contribution in [0.4, 0.5) is 10.5 Å². The van der Waals surface area contributed by atoms with Crippen LogP contribution < -0.4 is 5.32 Å². The number of amides is 2. The number of hydrogen-bond donors (Lipinski definition) is 2. The Morgan fingerprint density at radius 2 is 2.16 bits per heavy atom. The molecule has 0 radical (unpaired) electrons. The molecule has 25 heavy (non-hydrogen) atoms. The zero-order valence-corrected chi connectivity index (χ0v) is 14.8. The Hall–Kier alpha value is -2.38. The van der Waals surface area contributed by atoms with E-state index in [1.165, 1.54) is 0 Å². The highest BCUT2D eigenvalue weighted by Gasteiger charge is 2.29. The minimum absolute atomic E-state index is 0.0522. The van der Waals surface area contributed by atoms with Crippen molar-refractivity contribution in [3.63, 3.8) is 0 Å². The highest BCUT2D eigenvalue weighted by atomic mass is 16.5. The zero-order valence-electron chi connectivity index (χ0n) is 14.8. The zero-order chi connectivity index (χ0) is 18.0. The summed E-state index contributed by atoms with van der Waals surface area (Å²) in [5.41, 5.74) is 3.43. The Morgan fingerprint density at radius 1 is 1.40 bits per heavy atom. The summed E-state index contributed by atoms with van der Waals surface area (Å²) in [6, 6.07) is 9.32.